The highest BCUT2D eigenvalue weighted by Gasteiger charge is 2.44. The van der Waals surface area contributed by atoms with E-state index in [4.69, 9.17) is 10.5 Å². The summed E-state index contributed by atoms with van der Waals surface area (Å²) in [5.41, 5.74) is 11.0. The number of nitrogens with two attached hydrogens (primary N) is 1. The van der Waals surface area contributed by atoms with E-state index < -0.39 is 0 Å². The van der Waals surface area contributed by atoms with Gasteiger partial charge in [-0.2, -0.15) is 0 Å². The van der Waals surface area contributed by atoms with Gasteiger partial charge < -0.3 is 10.5 Å². The molecule has 1 fully saturated rings. The van der Waals surface area contributed by atoms with E-state index in [0.717, 1.165) is 32.6 Å². The zero-order chi connectivity index (χ0) is 12.6. The molecular weight excluding hydrogens is 222 g/mol. The van der Waals surface area contributed by atoms with Crippen LogP contribution in [0, 0.1) is 12.8 Å². The SMILES string of the molecule is Cc1cccc2c1CCC(CN)C21CCOCC1. The minimum Gasteiger partial charge on any atom is -0.381 e. The van der Waals surface area contributed by atoms with Gasteiger partial charge in [0.2, 0.25) is 0 Å². The van der Waals surface area contributed by atoms with Gasteiger partial charge in [0.25, 0.3) is 0 Å². The molecule has 0 aromatic heterocycles. The lowest BCUT2D eigenvalue weighted by atomic mass is 9.59. The van der Waals surface area contributed by atoms with E-state index in [1.807, 2.05) is 0 Å². The second-order valence-electron chi connectivity index (χ2n) is 5.84. The van der Waals surface area contributed by atoms with Gasteiger partial charge in [0.05, 0.1) is 0 Å². The van der Waals surface area contributed by atoms with Gasteiger partial charge in [0, 0.05) is 18.6 Å². The summed E-state index contributed by atoms with van der Waals surface area (Å²) in [6.07, 6.45) is 4.73. The molecule has 0 saturated carbocycles. The third kappa shape index (κ3) is 1.70. The maximum absolute atomic E-state index is 6.06. The second kappa shape index (κ2) is 4.67. The Labute approximate surface area is 110 Å². The number of aryl methyl sites for hydroxylation is 1. The number of benzene rings is 1. The molecular formula is C16H23NO. The van der Waals surface area contributed by atoms with E-state index in [0.29, 0.717) is 11.3 Å². The topological polar surface area (TPSA) is 35.2 Å². The summed E-state index contributed by atoms with van der Waals surface area (Å²) in [6, 6.07) is 6.80. The molecule has 2 heteroatoms. The first-order valence-corrected chi connectivity index (χ1v) is 7.15. The average molecular weight is 245 g/mol. The molecule has 0 bridgehead atoms. The van der Waals surface area contributed by atoms with Crippen LogP contribution in [-0.2, 0) is 16.6 Å². The molecule has 98 valence electrons. The van der Waals surface area contributed by atoms with Crippen LogP contribution >= 0.6 is 0 Å². The van der Waals surface area contributed by atoms with Crippen molar-refractivity contribution in [1.29, 1.82) is 0 Å². The smallest absolute Gasteiger partial charge is 0.0474 e. The quantitative estimate of drug-likeness (QED) is 0.825. The standard InChI is InChI=1S/C16H23NO/c1-12-3-2-4-15-14(12)6-5-13(11-17)16(15)7-9-18-10-8-16/h2-4,13H,5-11,17H2,1H3. The minimum atomic E-state index is 0.298. The fourth-order valence-corrected chi connectivity index (χ4v) is 4.07. The van der Waals surface area contributed by atoms with E-state index >= 15 is 0 Å². The van der Waals surface area contributed by atoms with Crippen LogP contribution in [-0.4, -0.2) is 19.8 Å². The van der Waals surface area contributed by atoms with Crippen molar-refractivity contribution in [1.82, 2.24) is 0 Å². The number of fused-ring (bicyclic) bond motifs is 2. The Bertz CT molecular complexity index is 435. The predicted octanol–water partition coefficient (Wildman–Crippen LogP) is 2.56. The molecule has 1 unspecified atom stereocenters. The number of rotatable bonds is 1. The van der Waals surface area contributed by atoms with Gasteiger partial charge in [-0.1, -0.05) is 18.2 Å². The van der Waals surface area contributed by atoms with Crippen molar-refractivity contribution in [3.05, 3.63) is 34.9 Å². The van der Waals surface area contributed by atoms with Crippen LogP contribution in [0.15, 0.2) is 18.2 Å². The van der Waals surface area contributed by atoms with Gasteiger partial charge in [-0.05, 0) is 61.8 Å². The number of hydrogen-bond donors (Lipinski definition) is 1. The molecule has 1 aromatic carbocycles. The molecule has 1 aliphatic heterocycles. The molecule has 0 amide bonds. The summed E-state index contributed by atoms with van der Waals surface area (Å²) in [5, 5.41) is 0. The zero-order valence-corrected chi connectivity index (χ0v) is 11.2. The molecule has 3 rings (SSSR count). The first-order valence-electron chi connectivity index (χ1n) is 7.15. The van der Waals surface area contributed by atoms with Crippen LogP contribution in [0.25, 0.3) is 0 Å². The Morgan fingerprint density at radius 3 is 2.83 bits per heavy atom. The molecule has 1 heterocycles. The summed E-state index contributed by atoms with van der Waals surface area (Å²) >= 11 is 0. The van der Waals surface area contributed by atoms with Gasteiger partial charge in [0.15, 0.2) is 0 Å². The largest absolute Gasteiger partial charge is 0.381 e. The Hall–Kier alpha value is -0.860. The summed E-state index contributed by atoms with van der Waals surface area (Å²) in [4.78, 5) is 0. The molecule has 1 atom stereocenters. The summed E-state index contributed by atoms with van der Waals surface area (Å²) in [7, 11) is 0. The molecule has 2 aliphatic rings. The molecule has 0 radical (unpaired) electrons. The monoisotopic (exact) mass is 245 g/mol. The molecule has 1 saturated heterocycles. The van der Waals surface area contributed by atoms with Gasteiger partial charge in [-0.15, -0.1) is 0 Å². The lowest BCUT2D eigenvalue weighted by Crippen LogP contribution is -2.47. The van der Waals surface area contributed by atoms with Gasteiger partial charge >= 0.3 is 0 Å². The highest BCUT2D eigenvalue weighted by molar-refractivity contribution is 5.43. The van der Waals surface area contributed by atoms with E-state index in [2.05, 4.69) is 25.1 Å². The fraction of sp³-hybridized carbons (Fsp3) is 0.625. The summed E-state index contributed by atoms with van der Waals surface area (Å²) in [5.74, 6) is 0.635. The number of ether oxygens (including phenoxy) is 1. The van der Waals surface area contributed by atoms with E-state index in [9.17, 15) is 0 Å². The van der Waals surface area contributed by atoms with Crippen LogP contribution in [0.1, 0.15) is 36.0 Å². The van der Waals surface area contributed by atoms with E-state index in [-0.39, 0.29) is 0 Å². The number of hydrogen-bond acceptors (Lipinski definition) is 2. The fourth-order valence-electron chi connectivity index (χ4n) is 4.07. The van der Waals surface area contributed by atoms with Crippen LogP contribution in [0.5, 0.6) is 0 Å². The first-order chi connectivity index (χ1) is 8.78. The Kier molecular flexibility index (Phi) is 3.16. The predicted molar refractivity (Wildman–Crippen MR) is 73.8 cm³/mol. The van der Waals surface area contributed by atoms with Gasteiger partial charge in [-0.3, -0.25) is 0 Å². The lowest BCUT2D eigenvalue weighted by molar-refractivity contribution is 0.0214. The van der Waals surface area contributed by atoms with Gasteiger partial charge in [-0.25, -0.2) is 0 Å². The minimum absolute atomic E-state index is 0.298. The highest BCUT2D eigenvalue weighted by atomic mass is 16.5. The molecule has 1 aliphatic carbocycles. The van der Waals surface area contributed by atoms with Crippen molar-refractivity contribution < 1.29 is 4.74 Å². The van der Waals surface area contributed by atoms with E-state index in [1.165, 1.54) is 18.4 Å². The average Bonchev–Trinajstić information content (AvgIpc) is 2.41. The van der Waals surface area contributed by atoms with Gasteiger partial charge in [0.1, 0.15) is 0 Å². The van der Waals surface area contributed by atoms with Crippen molar-refractivity contribution in [2.24, 2.45) is 11.7 Å². The molecule has 18 heavy (non-hydrogen) atoms. The second-order valence-corrected chi connectivity index (χ2v) is 5.84. The van der Waals surface area contributed by atoms with E-state index in [1.54, 1.807) is 11.1 Å². The van der Waals surface area contributed by atoms with Crippen LogP contribution < -0.4 is 5.73 Å². The van der Waals surface area contributed by atoms with Crippen LogP contribution in [0.3, 0.4) is 0 Å². The molecule has 1 spiro atoms. The lowest BCUT2D eigenvalue weighted by Gasteiger charge is -2.48. The normalized spacial score (nSPS) is 26.0. The van der Waals surface area contributed by atoms with Crippen molar-refractivity contribution in [3.8, 4) is 0 Å². The van der Waals surface area contributed by atoms with Crippen molar-refractivity contribution >= 4 is 0 Å². The maximum Gasteiger partial charge on any atom is 0.0474 e. The Morgan fingerprint density at radius 2 is 2.11 bits per heavy atom. The Balaban J connectivity index is 2.11. The van der Waals surface area contributed by atoms with Crippen molar-refractivity contribution in [3.63, 3.8) is 0 Å². The maximum atomic E-state index is 6.06. The van der Waals surface area contributed by atoms with Crippen LogP contribution in [0.4, 0.5) is 0 Å². The first kappa shape index (κ1) is 12.2. The third-order valence-electron chi connectivity index (χ3n) is 5.14. The third-order valence-corrected chi connectivity index (χ3v) is 5.14. The zero-order valence-electron chi connectivity index (χ0n) is 11.2. The van der Waals surface area contributed by atoms with Crippen molar-refractivity contribution in [2.75, 3.05) is 19.8 Å². The van der Waals surface area contributed by atoms with Crippen molar-refractivity contribution in [2.45, 2.75) is 38.0 Å². The van der Waals surface area contributed by atoms with Crippen LogP contribution in [0.2, 0.25) is 0 Å². The molecule has 2 N–H and O–H groups in total. The Morgan fingerprint density at radius 1 is 1.33 bits per heavy atom. The molecule has 2 nitrogen and oxygen atoms in total. The molecule has 1 aromatic rings. The summed E-state index contributed by atoms with van der Waals surface area (Å²) in [6.45, 7) is 4.84. The highest BCUT2D eigenvalue weighted by Crippen LogP contribution is 2.48. The summed E-state index contributed by atoms with van der Waals surface area (Å²) < 4.78 is 5.59.